The summed E-state index contributed by atoms with van der Waals surface area (Å²) in [5.41, 5.74) is 0.159. The minimum Gasteiger partial charge on any atom is -0.473 e. The molecule has 1 N–H and O–H groups in total. The Labute approximate surface area is 159 Å². The second-order valence-electron chi connectivity index (χ2n) is 6.53. The molecule has 0 bridgehead atoms. The first kappa shape index (κ1) is 18.0. The average molecular weight is 385 g/mol. The Balaban J connectivity index is 1.44. The number of nitrogens with one attached hydrogen (secondary N) is 1. The van der Waals surface area contributed by atoms with Crippen LogP contribution in [0.3, 0.4) is 0 Å². The van der Waals surface area contributed by atoms with Crippen LogP contribution in [0.25, 0.3) is 0 Å². The molecule has 0 saturated carbocycles. The number of hydrogen-bond donors (Lipinski definition) is 1. The zero-order valence-electron chi connectivity index (χ0n) is 15.0. The summed E-state index contributed by atoms with van der Waals surface area (Å²) < 4.78 is 39.7. The maximum atomic E-state index is 14.3. The van der Waals surface area contributed by atoms with Gasteiger partial charge in [0.25, 0.3) is 0 Å². The van der Waals surface area contributed by atoms with Gasteiger partial charge >= 0.3 is 5.69 Å². The summed E-state index contributed by atoms with van der Waals surface area (Å²) in [5, 5.41) is 3.16. The first-order chi connectivity index (χ1) is 13.5. The highest BCUT2D eigenvalue weighted by atomic mass is 19.1. The molecule has 0 fully saturated rings. The summed E-state index contributed by atoms with van der Waals surface area (Å²) >= 11 is 0. The van der Waals surface area contributed by atoms with E-state index in [9.17, 15) is 13.6 Å². The van der Waals surface area contributed by atoms with Crippen molar-refractivity contribution in [3.05, 3.63) is 76.2 Å². The van der Waals surface area contributed by atoms with E-state index in [1.54, 1.807) is 16.7 Å². The maximum Gasteiger partial charge on any atom is 0.352 e. The lowest BCUT2D eigenvalue weighted by Crippen LogP contribution is -2.22. The molecule has 1 atom stereocenters. The number of anilines is 1. The van der Waals surface area contributed by atoms with Crippen LogP contribution in [-0.4, -0.2) is 15.6 Å². The highest BCUT2D eigenvalue weighted by molar-refractivity contribution is 5.43. The molecular weight excluding hydrogens is 368 g/mol. The molecule has 2 heterocycles. The van der Waals surface area contributed by atoms with Crippen molar-refractivity contribution in [2.24, 2.45) is 0 Å². The van der Waals surface area contributed by atoms with Gasteiger partial charge in [-0.25, -0.2) is 13.6 Å². The molecular formula is C20H17F2N3O3. The van der Waals surface area contributed by atoms with Crippen molar-refractivity contribution in [2.45, 2.75) is 26.1 Å². The molecule has 0 amide bonds. The fourth-order valence-corrected chi connectivity index (χ4v) is 2.93. The van der Waals surface area contributed by atoms with Gasteiger partial charge in [0.1, 0.15) is 24.0 Å². The Kier molecular flexibility index (Phi) is 4.68. The number of aromatic nitrogens is 2. The fraction of sp³-hybridized carbons (Fsp3) is 0.200. The molecule has 1 aliphatic rings. The first-order valence-corrected chi connectivity index (χ1v) is 8.71. The molecule has 2 aromatic carbocycles. The molecule has 144 valence electrons. The third kappa shape index (κ3) is 3.80. The highest BCUT2D eigenvalue weighted by Crippen LogP contribution is 2.26. The molecule has 0 spiro atoms. The third-order valence-electron chi connectivity index (χ3n) is 4.26. The Morgan fingerprint density at radius 2 is 1.96 bits per heavy atom. The van der Waals surface area contributed by atoms with E-state index in [2.05, 4.69) is 10.3 Å². The molecule has 0 unspecified atom stereocenters. The summed E-state index contributed by atoms with van der Waals surface area (Å²) in [5.74, 6) is 0.186. The second-order valence-corrected chi connectivity index (χ2v) is 6.53. The van der Waals surface area contributed by atoms with E-state index < -0.39 is 17.3 Å². The maximum absolute atomic E-state index is 14.3. The second kappa shape index (κ2) is 7.30. The topological polar surface area (TPSA) is 65.4 Å². The largest absolute Gasteiger partial charge is 0.473 e. The molecule has 4 rings (SSSR count). The predicted molar refractivity (Wildman–Crippen MR) is 98.8 cm³/mol. The quantitative estimate of drug-likeness (QED) is 0.725. The molecule has 0 saturated heterocycles. The Morgan fingerprint density at radius 1 is 1.18 bits per heavy atom. The molecule has 28 heavy (non-hydrogen) atoms. The third-order valence-corrected chi connectivity index (χ3v) is 4.26. The van der Waals surface area contributed by atoms with Crippen LogP contribution >= 0.6 is 0 Å². The summed E-state index contributed by atoms with van der Waals surface area (Å²) in [6, 6.07) is 11.5. The van der Waals surface area contributed by atoms with Crippen LogP contribution in [0, 0.1) is 11.6 Å². The number of fused-ring (bicyclic) bond motifs is 1. The number of rotatable bonds is 5. The molecule has 1 aromatic heterocycles. The minimum atomic E-state index is -0.581. The number of hydrogen-bond acceptors (Lipinski definition) is 5. The van der Waals surface area contributed by atoms with Gasteiger partial charge < -0.3 is 14.8 Å². The van der Waals surface area contributed by atoms with E-state index in [0.717, 1.165) is 0 Å². The van der Waals surface area contributed by atoms with Gasteiger partial charge in [-0.15, -0.1) is 0 Å². The summed E-state index contributed by atoms with van der Waals surface area (Å²) in [6.07, 6.45) is 0. The summed E-state index contributed by atoms with van der Waals surface area (Å²) in [4.78, 5) is 15.9. The normalized spacial score (nSPS) is 15.0. The van der Waals surface area contributed by atoms with E-state index >= 15 is 0 Å². The Morgan fingerprint density at radius 3 is 2.71 bits per heavy atom. The van der Waals surface area contributed by atoms with Gasteiger partial charge in [0.15, 0.2) is 11.6 Å². The van der Waals surface area contributed by atoms with Crippen LogP contribution < -0.4 is 20.5 Å². The van der Waals surface area contributed by atoms with Gasteiger partial charge in [-0.05, 0) is 48.9 Å². The molecule has 6 nitrogen and oxygen atoms in total. The molecule has 8 heteroatoms. The van der Waals surface area contributed by atoms with Crippen molar-refractivity contribution in [1.82, 2.24) is 9.55 Å². The Bertz CT molecular complexity index is 1070. The van der Waals surface area contributed by atoms with Crippen LogP contribution in [-0.2, 0) is 13.2 Å². The van der Waals surface area contributed by atoms with Crippen molar-refractivity contribution in [1.29, 1.82) is 0 Å². The van der Waals surface area contributed by atoms with Crippen LogP contribution in [0.1, 0.15) is 12.5 Å². The van der Waals surface area contributed by atoms with E-state index in [1.807, 2.05) is 6.92 Å². The lowest BCUT2D eigenvalue weighted by atomic mass is 10.2. The SMILES string of the molecule is C[C@H]1Cn2c(cc(OCc3ccc(Oc4ccc(F)cc4)c(F)c3)nc2=O)N1. The zero-order chi connectivity index (χ0) is 19.7. The van der Waals surface area contributed by atoms with Gasteiger partial charge in [-0.3, -0.25) is 4.57 Å². The monoisotopic (exact) mass is 385 g/mol. The molecule has 0 radical (unpaired) electrons. The zero-order valence-corrected chi connectivity index (χ0v) is 15.0. The van der Waals surface area contributed by atoms with E-state index in [-0.39, 0.29) is 24.3 Å². The number of halogens is 2. The number of nitrogens with zero attached hydrogens (tertiary/aromatic N) is 2. The van der Waals surface area contributed by atoms with E-state index in [4.69, 9.17) is 9.47 Å². The summed E-state index contributed by atoms with van der Waals surface area (Å²) in [7, 11) is 0. The van der Waals surface area contributed by atoms with Crippen LogP contribution in [0.5, 0.6) is 17.4 Å². The Hall–Kier alpha value is -3.42. The first-order valence-electron chi connectivity index (χ1n) is 8.71. The van der Waals surface area contributed by atoms with Gasteiger partial charge in [0.2, 0.25) is 5.88 Å². The number of ether oxygens (including phenoxy) is 2. The average Bonchev–Trinajstić information content (AvgIpc) is 3.05. The van der Waals surface area contributed by atoms with Crippen LogP contribution in [0.15, 0.2) is 53.3 Å². The van der Waals surface area contributed by atoms with Gasteiger partial charge in [0, 0.05) is 18.7 Å². The van der Waals surface area contributed by atoms with Crippen molar-refractivity contribution in [3.63, 3.8) is 0 Å². The van der Waals surface area contributed by atoms with Gasteiger partial charge in [0.05, 0.1) is 0 Å². The lowest BCUT2D eigenvalue weighted by molar-refractivity contribution is 0.290. The number of benzene rings is 2. The van der Waals surface area contributed by atoms with Crippen molar-refractivity contribution in [2.75, 3.05) is 5.32 Å². The lowest BCUT2D eigenvalue weighted by Gasteiger charge is -2.10. The van der Waals surface area contributed by atoms with Gasteiger partial charge in [-0.2, -0.15) is 4.98 Å². The van der Waals surface area contributed by atoms with Crippen LogP contribution in [0.4, 0.5) is 14.6 Å². The minimum absolute atomic E-state index is 0.0162. The van der Waals surface area contributed by atoms with E-state index in [1.165, 1.54) is 36.4 Å². The standard InChI is InChI=1S/C20H17F2N3O3/c1-12-10-25-18(23-12)9-19(24-20(25)26)27-11-13-2-7-17(16(22)8-13)28-15-5-3-14(21)4-6-15/h2-9,12,23H,10-11H2,1H3/t12-/m0/s1. The van der Waals surface area contributed by atoms with Crippen molar-refractivity contribution < 1.29 is 18.3 Å². The van der Waals surface area contributed by atoms with Crippen LogP contribution in [0.2, 0.25) is 0 Å². The smallest absolute Gasteiger partial charge is 0.352 e. The van der Waals surface area contributed by atoms with E-state index in [0.29, 0.717) is 23.7 Å². The van der Waals surface area contributed by atoms with Crippen molar-refractivity contribution >= 4 is 5.82 Å². The summed E-state index contributed by atoms with van der Waals surface area (Å²) in [6.45, 7) is 2.56. The van der Waals surface area contributed by atoms with Crippen molar-refractivity contribution in [3.8, 4) is 17.4 Å². The van der Waals surface area contributed by atoms with Gasteiger partial charge in [-0.1, -0.05) is 6.07 Å². The molecule has 0 aliphatic carbocycles. The molecule has 1 aliphatic heterocycles. The highest BCUT2D eigenvalue weighted by Gasteiger charge is 2.19. The molecule has 3 aromatic rings. The fourth-order valence-electron chi connectivity index (χ4n) is 2.93. The predicted octanol–water partition coefficient (Wildman–Crippen LogP) is 3.71.